The highest BCUT2D eigenvalue weighted by molar-refractivity contribution is 5.77. The number of rotatable bonds is 11. The maximum absolute atomic E-state index is 12.1. The zero-order valence-electron chi connectivity index (χ0n) is 17.3. The second-order valence-electron chi connectivity index (χ2n) is 6.98. The number of hydrogen-bond donors (Lipinski definition) is 1. The Hall–Kier alpha value is -2.69. The van der Waals surface area contributed by atoms with Crippen molar-refractivity contribution in [2.45, 2.75) is 46.1 Å². The van der Waals surface area contributed by atoms with Crippen molar-refractivity contribution in [1.29, 1.82) is 0 Å². The fourth-order valence-corrected chi connectivity index (χ4v) is 2.62. The number of carbonyl (C=O) groups excluding carboxylic acids is 1. The standard InChI is InChI=1S/C23H31NO4/c1-5-6-13-27-21-12-7-18(14-22(21)26-4)15-24-23(25)16-28-20-10-8-19(9-11-20)17(2)3/h7-12,14,17H,5-6,13,15-16H2,1-4H3,(H,24,25). The molecule has 0 aromatic heterocycles. The van der Waals surface area contributed by atoms with Crippen LogP contribution in [0.2, 0.25) is 0 Å². The van der Waals surface area contributed by atoms with Gasteiger partial charge in [-0.2, -0.15) is 0 Å². The lowest BCUT2D eigenvalue weighted by Gasteiger charge is -2.13. The van der Waals surface area contributed by atoms with E-state index in [4.69, 9.17) is 14.2 Å². The molecule has 0 aliphatic heterocycles. The van der Waals surface area contributed by atoms with Crippen molar-refractivity contribution in [3.63, 3.8) is 0 Å². The summed E-state index contributed by atoms with van der Waals surface area (Å²) in [5.74, 6) is 2.38. The average Bonchev–Trinajstić information content (AvgIpc) is 2.71. The van der Waals surface area contributed by atoms with Crippen LogP contribution in [0.15, 0.2) is 42.5 Å². The van der Waals surface area contributed by atoms with Crippen LogP contribution >= 0.6 is 0 Å². The normalized spacial score (nSPS) is 10.6. The first-order valence-corrected chi connectivity index (χ1v) is 9.82. The molecule has 0 aliphatic carbocycles. The van der Waals surface area contributed by atoms with E-state index in [9.17, 15) is 4.79 Å². The zero-order valence-corrected chi connectivity index (χ0v) is 17.3. The van der Waals surface area contributed by atoms with Crippen molar-refractivity contribution in [2.75, 3.05) is 20.3 Å². The van der Waals surface area contributed by atoms with Crippen LogP contribution in [-0.2, 0) is 11.3 Å². The molecule has 0 unspecified atom stereocenters. The van der Waals surface area contributed by atoms with Crippen molar-refractivity contribution in [3.05, 3.63) is 53.6 Å². The first-order chi connectivity index (χ1) is 13.5. The Bertz CT molecular complexity index is 741. The summed E-state index contributed by atoms with van der Waals surface area (Å²) < 4.78 is 16.7. The van der Waals surface area contributed by atoms with Gasteiger partial charge in [0.05, 0.1) is 13.7 Å². The van der Waals surface area contributed by atoms with Gasteiger partial charge < -0.3 is 19.5 Å². The Kier molecular flexibility index (Phi) is 8.66. The summed E-state index contributed by atoms with van der Waals surface area (Å²) in [5, 5.41) is 2.86. The maximum atomic E-state index is 12.1. The van der Waals surface area contributed by atoms with E-state index in [0.717, 1.165) is 24.2 Å². The van der Waals surface area contributed by atoms with Gasteiger partial charge in [-0.1, -0.05) is 45.4 Å². The summed E-state index contributed by atoms with van der Waals surface area (Å²) in [7, 11) is 1.61. The van der Waals surface area contributed by atoms with Gasteiger partial charge in [0, 0.05) is 6.54 Å². The summed E-state index contributed by atoms with van der Waals surface area (Å²) in [6.07, 6.45) is 2.08. The van der Waals surface area contributed by atoms with Crippen LogP contribution in [-0.4, -0.2) is 26.2 Å². The molecule has 1 N–H and O–H groups in total. The van der Waals surface area contributed by atoms with Crippen LogP contribution in [0.3, 0.4) is 0 Å². The van der Waals surface area contributed by atoms with E-state index >= 15 is 0 Å². The topological polar surface area (TPSA) is 56.8 Å². The minimum atomic E-state index is -0.171. The molecular formula is C23H31NO4. The summed E-state index contributed by atoms with van der Waals surface area (Å²) in [5.41, 5.74) is 2.18. The van der Waals surface area contributed by atoms with Crippen LogP contribution in [0.25, 0.3) is 0 Å². The van der Waals surface area contributed by atoms with Gasteiger partial charge in [0.15, 0.2) is 18.1 Å². The molecule has 0 spiro atoms. The average molecular weight is 386 g/mol. The van der Waals surface area contributed by atoms with Crippen LogP contribution in [0.4, 0.5) is 0 Å². The van der Waals surface area contributed by atoms with Crippen LogP contribution in [0.5, 0.6) is 17.2 Å². The highest BCUT2D eigenvalue weighted by atomic mass is 16.5. The van der Waals surface area contributed by atoms with Crippen LogP contribution in [0.1, 0.15) is 50.7 Å². The number of unbranched alkanes of at least 4 members (excludes halogenated alkanes) is 1. The minimum Gasteiger partial charge on any atom is -0.493 e. The lowest BCUT2D eigenvalue weighted by Crippen LogP contribution is -2.28. The third kappa shape index (κ3) is 6.80. The maximum Gasteiger partial charge on any atom is 0.258 e. The number of methoxy groups -OCH3 is 1. The van der Waals surface area contributed by atoms with Gasteiger partial charge in [0.2, 0.25) is 0 Å². The van der Waals surface area contributed by atoms with Gasteiger partial charge in [-0.05, 0) is 47.7 Å². The molecule has 2 rings (SSSR count). The molecule has 0 heterocycles. The first kappa shape index (κ1) is 21.6. The number of amides is 1. The summed E-state index contributed by atoms with van der Waals surface area (Å²) in [6.45, 7) is 7.45. The fraction of sp³-hybridized carbons (Fsp3) is 0.435. The molecule has 0 atom stereocenters. The molecule has 28 heavy (non-hydrogen) atoms. The number of benzene rings is 2. The van der Waals surface area contributed by atoms with Crippen molar-refractivity contribution in [1.82, 2.24) is 5.32 Å². The van der Waals surface area contributed by atoms with E-state index in [1.807, 2.05) is 42.5 Å². The molecular weight excluding hydrogens is 354 g/mol. The van der Waals surface area contributed by atoms with E-state index in [0.29, 0.717) is 30.6 Å². The Labute approximate surface area is 168 Å². The van der Waals surface area contributed by atoms with E-state index in [1.165, 1.54) is 5.56 Å². The van der Waals surface area contributed by atoms with Gasteiger partial charge in [0.25, 0.3) is 5.91 Å². The van der Waals surface area contributed by atoms with Crippen molar-refractivity contribution >= 4 is 5.91 Å². The van der Waals surface area contributed by atoms with E-state index < -0.39 is 0 Å². The number of carbonyl (C=O) groups is 1. The van der Waals surface area contributed by atoms with Crippen molar-refractivity contribution in [3.8, 4) is 17.2 Å². The van der Waals surface area contributed by atoms with Gasteiger partial charge in [-0.3, -0.25) is 4.79 Å². The van der Waals surface area contributed by atoms with Gasteiger partial charge in [-0.15, -0.1) is 0 Å². The largest absolute Gasteiger partial charge is 0.493 e. The molecule has 0 aliphatic rings. The minimum absolute atomic E-state index is 0.0175. The van der Waals surface area contributed by atoms with Crippen molar-refractivity contribution in [2.24, 2.45) is 0 Å². The quantitative estimate of drug-likeness (QED) is 0.570. The predicted octanol–water partition coefficient (Wildman–Crippen LogP) is 4.69. The summed E-state index contributed by atoms with van der Waals surface area (Å²) >= 11 is 0. The molecule has 2 aromatic carbocycles. The molecule has 5 nitrogen and oxygen atoms in total. The second-order valence-corrected chi connectivity index (χ2v) is 6.98. The lowest BCUT2D eigenvalue weighted by atomic mass is 10.0. The highest BCUT2D eigenvalue weighted by Crippen LogP contribution is 2.28. The van der Waals surface area contributed by atoms with E-state index in [2.05, 4.69) is 26.1 Å². The molecule has 152 valence electrons. The second kappa shape index (κ2) is 11.2. The monoisotopic (exact) mass is 385 g/mol. The van der Waals surface area contributed by atoms with E-state index in [-0.39, 0.29) is 12.5 Å². The van der Waals surface area contributed by atoms with Gasteiger partial charge in [0.1, 0.15) is 5.75 Å². The Morgan fingerprint density at radius 3 is 2.43 bits per heavy atom. The number of ether oxygens (including phenoxy) is 3. The molecule has 0 bridgehead atoms. The van der Waals surface area contributed by atoms with Gasteiger partial charge >= 0.3 is 0 Å². The molecule has 0 saturated heterocycles. The molecule has 0 radical (unpaired) electrons. The Morgan fingerprint density at radius 2 is 1.79 bits per heavy atom. The Morgan fingerprint density at radius 1 is 1.04 bits per heavy atom. The molecule has 2 aromatic rings. The molecule has 0 fully saturated rings. The van der Waals surface area contributed by atoms with Crippen molar-refractivity contribution < 1.29 is 19.0 Å². The number of nitrogens with one attached hydrogen (secondary N) is 1. The third-order valence-electron chi connectivity index (χ3n) is 4.39. The fourth-order valence-electron chi connectivity index (χ4n) is 2.62. The van der Waals surface area contributed by atoms with Crippen LogP contribution in [0, 0.1) is 0 Å². The number of hydrogen-bond acceptors (Lipinski definition) is 4. The highest BCUT2D eigenvalue weighted by Gasteiger charge is 2.08. The van der Waals surface area contributed by atoms with Crippen LogP contribution < -0.4 is 19.5 Å². The lowest BCUT2D eigenvalue weighted by molar-refractivity contribution is -0.123. The summed E-state index contributed by atoms with van der Waals surface area (Å²) in [4.78, 5) is 12.1. The SMILES string of the molecule is CCCCOc1ccc(CNC(=O)COc2ccc(C(C)C)cc2)cc1OC. The predicted molar refractivity (Wildman–Crippen MR) is 111 cm³/mol. The van der Waals surface area contributed by atoms with Gasteiger partial charge in [-0.25, -0.2) is 0 Å². The molecule has 1 amide bonds. The molecule has 5 heteroatoms. The first-order valence-electron chi connectivity index (χ1n) is 9.82. The van der Waals surface area contributed by atoms with E-state index in [1.54, 1.807) is 7.11 Å². The zero-order chi connectivity index (χ0) is 20.4. The Balaban J connectivity index is 1.81. The smallest absolute Gasteiger partial charge is 0.258 e. The summed E-state index contributed by atoms with van der Waals surface area (Å²) in [6, 6.07) is 13.5. The third-order valence-corrected chi connectivity index (χ3v) is 4.39. The molecule has 0 saturated carbocycles.